The summed E-state index contributed by atoms with van der Waals surface area (Å²) in [5.41, 5.74) is 5.83. The van der Waals surface area contributed by atoms with Gasteiger partial charge in [0.05, 0.1) is 0 Å². The summed E-state index contributed by atoms with van der Waals surface area (Å²) in [5, 5.41) is 2.19. The average Bonchev–Trinajstić information content (AvgIpc) is 2.37. The van der Waals surface area contributed by atoms with Gasteiger partial charge in [-0.2, -0.15) is 0 Å². The van der Waals surface area contributed by atoms with Gasteiger partial charge in [-0.25, -0.2) is 8.78 Å². The Bertz CT molecular complexity index is 626. The van der Waals surface area contributed by atoms with Crippen molar-refractivity contribution in [2.75, 3.05) is 11.1 Å². The smallest absolute Gasteiger partial charge is 0.255 e. The Hall–Kier alpha value is -1.95. The standard InChI is InChI=1S/C13H9BrF2N2O/c14-8-6-7(4-5-11(8)17)13(19)18-12-9(15)2-1-3-10(12)16/h1-6H,17H2,(H,18,19). The van der Waals surface area contributed by atoms with Gasteiger partial charge in [0, 0.05) is 15.7 Å². The highest BCUT2D eigenvalue weighted by atomic mass is 79.9. The molecule has 1 amide bonds. The molecule has 0 aliphatic rings. The number of halogens is 3. The SMILES string of the molecule is Nc1ccc(C(=O)Nc2c(F)cccc2F)cc1Br. The Kier molecular flexibility index (Phi) is 3.80. The van der Waals surface area contributed by atoms with Crippen molar-refractivity contribution in [3.8, 4) is 0 Å². The zero-order valence-electron chi connectivity index (χ0n) is 9.58. The molecule has 2 aromatic carbocycles. The Morgan fingerprint density at radius 1 is 1.16 bits per heavy atom. The van der Waals surface area contributed by atoms with Gasteiger partial charge in [0.2, 0.25) is 0 Å². The second kappa shape index (κ2) is 5.36. The van der Waals surface area contributed by atoms with Gasteiger partial charge in [-0.1, -0.05) is 6.07 Å². The van der Waals surface area contributed by atoms with Crippen molar-refractivity contribution < 1.29 is 13.6 Å². The Labute approximate surface area is 116 Å². The minimum atomic E-state index is -0.831. The number of nitrogens with one attached hydrogen (secondary N) is 1. The molecule has 2 rings (SSSR count). The van der Waals surface area contributed by atoms with Crippen LogP contribution >= 0.6 is 15.9 Å². The monoisotopic (exact) mass is 326 g/mol. The van der Waals surface area contributed by atoms with E-state index in [1.54, 1.807) is 0 Å². The van der Waals surface area contributed by atoms with E-state index in [0.29, 0.717) is 10.2 Å². The second-order valence-electron chi connectivity index (χ2n) is 3.79. The van der Waals surface area contributed by atoms with Crippen molar-refractivity contribution in [1.29, 1.82) is 0 Å². The molecule has 2 aromatic rings. The molecule has 0 aromatic heterocycles. The van der Waals surface area contributed by atoms with Crippen molar-refractivity contribution in [1.82, 2.24) is 0 Å². The number of carbonyl (C=O) groups excluding carboxylic acids is 1. The van der Waals surface area contributed by atoms with E-state index < -0.39 is 23.2 Å². The molecule has 0 radical (unpaired) electrons. The lowest BCUT2D eigenvalue weighted by Gasteiger charge is -2.08. The van der Waals surface area contributed by atoms with Gasteiger partial charge in [0.25, 0.3) is 5.91 Å². The summed E-state index contributed by atoms with van der Waals surface area (Å²) in [5.74, 6) is -2.28. The molecule has 0 atom stereocenters. The number of hydrogen-bond acceptors (Lipinski definition) is 2. The summed E-state index contributed by atoms with van der Waals surface area (Å²) in [4.78, 5) is 11.9. The van der Waals surface area contributed by atoms with E-state index in [4.69, 9.17) is 5.73 Å². The van der Waals surface area contributed by atoms with Crippen LogP contribution in [0.1, 0.15) is 10.4 Å². The summed E-state index contributed by atoms with van der Waals surface area (Å²) < 4.78 is 27.3. The quantitative estimate of drug-likeness (QED) is 0.829. The third-order valence-electron chi connectivity index (χ3n) is 2.46. The molecular formula is C13H9BrF2N2O. The average molecular weight is 327 g/mol. The third kappa shape index (κ3) is 2.90. The fourth-order valence-electron chi connectivity index (χ4n) is 1.47. The van der Waals surface area contributed by atoms with Crippen molar-refractivity contribution in [2.24, 2.45) is 0 Å². The van der Waals surface area contributed by atoms with Crippen molar-refractivity contribution in [3.05, 3.63) is 58.1 Å². The fraction of sp³-hybridized carbons (Fsp3) is 0. The van der Waals surface area contributed by atoms with Gasteiger partial charge in [-0.3, -0.25) is 4.79 Å². The lowest BCUT2D eigenvalue weighted by Crippen LogP contribution is -2.14. The Morgan fingerprint density at radius 2 is 1.79 bits per heavy atom. The molecule has 3 N–H and O–H groups in total. The molecule has 0 fully saturated rings. The predicted molar refractivity (Wildman–Crippen MR) is 72.9 cm³/mol. The number of benzene rings is 2. The summed E-state index contributed by atoms with van der Waals surface area (Å²) in [6, 6.07) is 7.82. The number of carbonyl (C=O) groups is 1. The number of rotatable bonds is 2. The largest absolute Gasteiger partial charge is 0.398 e. The first-order valence-electron chi connectivity index (χ1n) is 5.29. The molecule has 0 spiro atoms. The molecule has 0 saturated heterocycles. The molecule has 98 valence electrons. The predicted octanol–water partition coefficient (Wildman–Crippen LogP) is 3.56. The third-order valence-corrected chi connectivity index (χ3v) is 3.15. The molecule has 0 unspecified atom stereocenters. The number of nitrogens with two attached hydrogens (primary N) is 1. The number of nitrogen functional groups attached to an aromatic ring is 1. The van der Waals surface area contributed by atoms with E-state index in [1.165, 1.54) is 24.3 Å². The van der Waals surface area contributed by atoms with E-state index >= 15 is 0 Å². The summed E-state index contributed by atoms with van der Waals surface area (Å²) >= 11 is 3.18. The molecule has 19 heavy (non-hydrogen) atoms. The van der Waals surface area contributed by atoms with Gasteiger partial charge in [-0.15, -0.1) is 0 Å². The lowest BCUT2D eigenvalue weighted by atomic mass is 10.2. The van der Waals surface area contributed by atoms with E-state index in [0.717, 1.165) is 12.1 Å². The molecule has 0 aliphatic heterocycles. The van der Waals surface area contributed by atoms with Crippen molar-refractivity contribution in [2.45, 2.75) is 0 Å². The molecule has 0 aliphatic carbocycles. The van der Waals surface area contributed by atoms with Crippen LogP contribution in [0.4, 0.5) is 20.2 Å². The van der Waals surface area contributed by atoms with Crippen LogP contribution in [-0.4, -0.2) is 5.91 Å². The molecule has 0 heterocycles. The van der Waals surface area contributed by atoms with Gasteiger partial charge in [0.15, 0.2) is 0 Å². The van der Waals surface area contributed by atoms with Crippen LogP contribution < -0.4 is 11.1 Å². The summed E-state index contributed by atoms with van der Waals surface area (Å²) in [6.45, 7) is 0. The van der Waals surface area contributed by atoms with Crippen molar-refractivity contribution >= 4 is 33.2 Å². The van der Waals surface area contributed by atoms with E-state index in [9.17, 15) is 13.6 Å². The van der Waals surface area contributed by atoms with E-state index in [-0.39, 0.29) is 5.56 Å². The highest BCUT2D eigenvalue weighted by Gasteiger charge is 2.13. The molecule has 0 bridgehead atoms. The highest BCUT2D eigenvalue weighted by molar-refractivity contribution is 9.10. The maximum absolute atomic E-state index is 13.4. The van der Waals surface area contributed by atoms with Crippen LogP contribution in [0, 0.1) is 11.6 Å². The van der Waals surface area contributed by atoms with Crippen LogP contribution in [0.3, 0.4) is 0 Å². The van der Waals surface area contributed by atoms with Gasteiger partial charge >= 0.3 is 0 Å². The Morgan fingerprint density at radius 3 is 2.37 bits per heavy atom. The summed E-state index contributed by atoms with van der Waals surface area (Å²) in [6.07, 6.45) is 0. The number of amides is 1. The first-order chi connectivity index (χ1) is 8.99. The first kappa shape index (κ1) is 13.5. The zero-order chi connectivity index (χ0) is 14.0. The molecular weight excluding hydrogens is 318 g/mol. The molecule has 3 nitrogen and oxygen atoms in total. The minimum Gasteiger partial charge on any atom is -0.398 e. The topological polar surface area (TPSA) is 55.1 Å². The van der Waals surface area contributed by atoms with Crippen LogP contribution in [0.2, 0.25) is 0 Å². The second-order valence-corrected chi connectivity index (χ2v) is 4.64. The number of para-hydroxylation sites is 1. The van der Waals surface area contributed by atoms with E-state index in [2.05, 4.69) is 21.2 Å². The normalized spacial score (nSPS) is 10.3. The lowest BCUT2D eigenvalue weighted by molar-refractivity contribution is 0.102. The van der Waals surface area contributed by atoms with Gasteiger partial charge in [-0.05, 0) is 46.3 Å². The highest BCUT2D eigenvalue weighted by Crippen LogP contribution is 2.22. The van der Waals surface area contributed by atoms with E-state index in [1.807, 2.05) is 0 Å². The van der Waals surface area contributed by atoms with Crippen molar-refractivity contribution in [3.63, 3.8) is 0 Å². The van der Waals surface area contributed by atoms with Gasteiger partial charge < -0.3 is 11.1 Å². The van der Waals surface area contributed by atoms with Crippen LogP contribution in [0.25, 0.3) is 0 Å². The molecule has 6 heteroatoms. The number of hydrogen-bond donors (Lipinski definition) is 2. The summed E-state index contributed by atoms with van der Waals surface area (Å²) in [7, 11) is 0. The minimum absolute atomic E-state index is 0.240. The van der Waals surface area contributed by atoms with Crippen LogP contribution in [0.15, 0.2) is 40.9 Å². The molecule has 0 saturated carbocycles. The number of anilines is 2. The van der Waals surface area contributed by atoms with Crippen LogP contribution in [0.5, 0.6) is 0 Å². The maximum atomic E-state index is 13.4. The van der Waals surface area contributed by atoms with Crippen LogP contribution in [-0.2, 0) is 0 Å². The Balaban J connectivity index is 2.28. The fourth-order valence-corrected chi connectivity index (χ4v) is 1.85. The van der Waals surface area contributed by atoms with Gasteiger partial charge in [0.1, 0.15) is 17.3 Å². The first-order valence-corrected chi connectivity index (χ1v) is 6.08. The zero-order valence-corrected chi connectivity index (χ0v) is 11.2. The maximum Gasteiger partial charge on any atom is 0.255 e.